The van der Waals surface area contributed by atoms with E-state index >= 15 is 0 Å². The maximum Gasteiger partial charge on any atom is 0.317 e. The number of anilines is 1. The van der Waals surface area contributed by atoms with Crippen LogP contribution in [0.2, 0.25) is 0 Å². The van der Waals surface area contributed by atoms with Gasteiger partial charge in [0.2, 0.25) is 0 Å². The number of para-hydroxylation sites is 1. The van der Waals surface area contributed by atoms with Crippen LogP contribution in [0.4, 0.5) is 10.5 Å². The largest absolute Gasteiger partial charge is 0.332 e. The van der Waals surface area contributed by atoms with Crippen molar-refractivity contribution in [3.63, 3.8) is 0 Å². The lowest BCUT2D eigenvalue weighted by molar-refractivity contribution is 0.102. The predicted molar refractivity (Wildman–Crippen MR) is 94.0 cm³/mol. The number of pyridine rings is 1. The third-order valence-corrected chi connectivity index (χ3v) is 3.63. The summed E-state index contributed by atoms with van der Waals surface area (Å²) in [7, 11) is 3.33. The standard InChI is InChI=1S/C18H22N4O2/c1-12-6-5-7-13(2)16(12)21-17(23)14-8-9-19-15(10-14)11-20-18(24)22(3)4/h5-10H,11H2,1-4H3,(H,20,24)(H,21,23). The number of benzene rings is 1. The summed E-state index contributed by atoms with van der Waals surface area (Å²) >= 11 is 0. The zero-order valence-corrected chi connectivity index (χ0v) is 14.4. The normalized spacial score (nSPS) is 10.2. The van der Waals surface area contributed by atoms with Crippen molar-refractivity contribution in [1.29, 1.82) is 0 Å². The number of urea groups is 1. The Balaban J connectivity index is 2.10. The number of hydrogen-bond donors (Lipinski definition) is 2. The maximum absolute atomic E-state index is 12.5. The Bertz CT molecular complexity index is 736. The van der Waals surface area contributed by atoms with Gasteiger partial charge in [0.1, 0.15) is 0 Å². The van der Waals surface area contributed by atoms with E-state index in [1.54, 1.807) is 32.4 Å². The number of nitrogens with zero attached hydrogens (tertiary/aromatic N) is 2. The number of carbonyl (C=O) groups excluding carboxylic acids is 2. The fourth-order valence-electron chi connectivity index (χ4n) is 2.24. The van der Waals surface area contributed by atoms with Gasteiger partial charge in [-0.15, -0.1) is 0 Å². The highest BCUT2D eigenvalue weighted by Crippen LogP contribution is 2.20. The van der Waals surface area contributed by atoms with E-state index in [1.165, 1.54) is 4.90 Å². The molecule has 0 saturated heterocycles. The second-order valence-corrected chi connectivity index (χ2v) is 5.81. The summed E-state index contributed by atoms with van der Waals surface area (Å²) in [4.78, 5) is 29.7. The Hall–Kier alpha value is -2.89. The van der Waals surface area contributed by atoms with Crippen molar-refractivity contribution < 1.29 is 9.59 Å². The number of nitrogens with one attached hydrogen (secondary N) is 2. The zero-order valence-electron chi connectivity index (χ0n) is 14.4. The van der Waals surface area contributed by atoms with Crippen LogP contribution in [0.3, 0.4) is 0 Å². The molecule has 6 heteroatoms. The molecule has 0 fully saturated rings. The molecule has 1 aromatic carbocycles. The van der Waals surface area contributed by atoms with Crippen LogP contribution >= 0.6 is 0 Å². The van der Waals surface area contributed by atoms with E-state index in [9.17, 15) is 9.59 Å². The van der Waals surface area contributed by atoms with Gasteiger partial charge in [-0.3, -0.25) is 9.78 Å². The predicted octanol–water partition coefficient (Wildman–Crippen LogP) is 2.72. The molecule has 24 heavy (non-hydrogen) atoms. The molecular weight excluding hydrogens is 304 g/mol. The number of rotatable bonds is 4. The van der Waals surface area contributed by atoms with Crippen molar-refractivity contribution in [3.05, 3.63) is 58.9 Å². The molecule has 0 unspecified atom stereocenters. The first-order valence-corrected chi connectivity index (χ1v) is 7.66. The summed E-state index contributed by atoms with van der Waals surface area (Å²) in [5.41, 5.74) is 3.97. The van der Waals surface area contributed by atoms with Crippen molar-refractivity contribution in [2.45, 2.75) is 20.4 Å². The SMILES string of the molecule is Cc1cccc(C)c1NC(=O)c1ccnc(CNC(=O)N(C)C)c1. The molecule has 1 heterocycles. The highest BCUT2D eigenvalue weighted by molar-refractivity contribution is 6.05. The van der Waals surface area contributed by atoms with E-state index in [1.807, 2.05) is 32.0 Å². The second kappa shape index (κ2) is 7.59. The molecule has 0 bridgehead atoms. The number of carbonyl (C=O) groups is 2. The average Bonchev–Trinajstić information content (AvgIpc) is 2.56. The summed E-state index contributed by atoms with van der Waals surface area (Å²) in [6.07, 6.45) is 1.57. The molecule has 0 saturated carbocycles. The van der Waals surface area contributed by atoms with Gasteiger partial charge in [-0.25, -0.2) is 4.79 Å². The average molecular weight is 326 g/mol. The molecule has 126 valence electrons. The van der Waals surface area contributed by atoms with Gasteiger partial charge in [-0.05, 0) is 37.1 Å². The van der Waals surface area contributed by atoms with Gasteiger partial charge in [0.15, 0.2) is 0 Å². The van der Waals surface area contributed by atoms with Crippen molar-refractivity contribution in [3.8, 4) is 0 Å². The fourth-order valence-corrected chi connectivity index (χ4v) is 2.24. The number of aryl methyl sites for hydroxylation is 2. The summed E-state index contributed by atoms with van der Waals surface area (Å²) in [5, 5.41) is 5.67. The number of amides is 3. The minimum absolute atomic E-state index is 0.199. The second-order valence-electron chi connectivity index (χ2n) is 5.81. The Kier molecular flexibility index (Phi) is 5.52. The van der Waals surface area contributed by atoms with E-state index in [-0.39, 0.29) is 18.5 Å². The van der Waals surface area contributed by atoms with E-state index < -0.39 is 0 Å². The van der Waals surface area contributed by atoms with E-state index in [0.29, 0.717) is 11.3 Å². The maximum atomic E-state index is 12.5. The molecule has 1 aromatic heterocycles. The third kappa shape index (κ3) is 4.32. The van der Waals surface area contributed by atoms with Crippen LogP contribution in [0.15, 0.2) is 36.5 Å². The molecule has 2 rings (SSSR count). The molecule has 6 nitrogen and oxygen atoms in total. The van der Waals surface area contributed by atoms with Gasteiger partial charge in [0, 0.05) is 31.5 Å². The highest BCUT2D eigenvalue weighted by atomic mass is 16.2. The van der Waals surface area contributed by atoms with Gasteiger partial charge >= 0.3 is 6.03 Å². The summed E-state index contributed by atoms with van der Waals surface area (Å²) in [6, 6.07) is 8.99. The molecular formula is C18H22N4O2. The van der Waals surface area contributed by atoms with Gasteiger partial charge < -0.3 is 15.5 Å². The van der Waals surface area contributed by atoms with Crippen molar-refractivity contribution in [2.24, 2.45) is 0 Å². The first-order valence-electron chi connectivity index (χ1n) is 7.66. The summed E-state index contributed by atoms with van der Waals surface area (Å²) in [5.74, 6) is -0.199. The Morgan fingerprint density at radius 3 is 2.42 bits per heavy atom. The molecule has 0 aliphatic carbocycles. The van der Waals surface area contributed by atoms with E-state index in [4.69, 9.17) is 0 Å². The quantitative estimate of drug-likeness (QED) is 0.907. The van der Waals surface area contributed by atoms with Crippen LogP contribution in [-0.4, -0.2) is 35.9 Å². The first-order chi connectivity index (χ1) is 11.4. The summed E-state index contributed by atoms with van der Waals surface area (Å²) in [6.45, 7) is 4.18. The Labute approximate surface area is 141 Å². The summed E-state index contributed by atoms with van der Waals surface area (Å²) < 4.78 is 0. The molecule has 0 atom stereocenters. The van der Waals surface area contributed by atoms with Crippen LogP contribution in [0, 0.1) is 13.8 Å². The molecule has 0 aliphatic rings. The van der Waals surface area contributed by atoms with Crippen molar-refractivity contribution in [2.75, 3.05) is 19.4 Å². The van der Waals surface area contributed by atoms with Gasteiger partial charge in [-0.2, -0.15) is 0 Å². The van der Waals surface area contributed by atoms with E-state index in [2.05, 4.69) is 15.6 Å². The van der Waals surface area contributed by atoms with Crippen LogP contribution in [0.5, 0.6) is 0 Å². The minimum Gasteiger partial charge on any atom is -0.332 e. The van der Waals surface area contributed by atoms with Gasteiger partial charge in [-0.1, -0.05) is 18.2 Å². The molecule has 2 aromatic rings. The zero-order chi connectivity index (χ0) is 17.7. The third-order valence-electron chi connectivity index (χ3n) is 3.63. The number of hydrogen-bond acceptors (Lipinski definition) is 3. The lowest BCUT2D eigenvalue weighted by Crippen LogP contribution is -2.34. The van der Waals surface area contributed by atoms with Gasteiger partial charge in [0.25, 0.3) is 5.91 Å². The Morgan fingerprint density at radius 2 is 1.79 bits per heavy atom. The molecule has 0 radical (unpaired) electrons. The Morgan fingerprint density at radius 1 is 1.12 bits per heavy atom. The lowest BCUT2D eigenvalue weighted by atomic mass is 10.1. The van der Waals surface area contributed by atoms with Crippen LogP contribution in [-0.2, 0) is 6.54 Å². The first kappa shape index (κ1) is 17.5. The van der Waals surface area contributed by atoms with Crippen molar-refractivity contribution in [1.82, 2.24) is 15.2 Å². The molecule has 2 N–H and O–H groups in total. The minimum atomic E-state index is -0.206. The van der Waals surface area contributed by atoms with E-state index in [0.717, 1.165) is 16.8 Å². The number of aromatic nitrogens is 1. The van der Waals surface area contributed by atoms with Crippen molar-refractivity contribution >= 4 is 17.6 Å². The van der Waals surface area contributed by atoms with Gasteiger partial charge in [0.05, 0.1) is 12.2 Å². The fraction of sp³-hybridized carbons (Fsp3) is 0.278. The monoisotopic (exact) mass is 326 g/mol. The molecule has 3 amide bonds. The lowest BCUT2D eigenvalue weighted by Gasteiger charge is -2.13. The topological polar surface area (TPSA) is 74.3 Å². The smallest absolute Gasteiger partial charge is 0.317 e. The van der Waals surface area contributed by atoms with Crippen LogP contribution in [0.25, 0.3) is 0 Å². The molecule has 0 spiro atoms. The highest BCUT2D eigenvalue weighted by Gasteiger charge is 2.11. The van der Waals surface area contributed by atoms with Crippen LogP contribution < -0.4 is 10.6 Å². The van der Waals surface area contributed by atoms with Crippen LogP contribution in [0.1, 0.15) is 27.2 Å². The molecule has 0 aliphatic heterocycles.